The van der Waals surface area contributed by atoms with Crippen molar-refractivity contribution in [2.75, 3.05) is 31.0 Å². The minimum absolute atomic E-state index is 0.0887. The summed E-state index contributed by atoms with van der Waals surface area (Å²) in [5.41, 5.74) is -0.0887. The van der Waals surface area contributed by atoms with Crippen LogP contribution in [0.4, 0.5) is 5.82 Å². The van der Waals surface area contributed by atoms with Crippen molar-refractivity contribution < 1.29 is 4.74 Å². The van der Waals surface area contributed by atoms with Gasteiger partial charge in [0.05, 0.1) is 6.61 Å². The molecule has 0 aliphatic heterocycles. The maximum Gasteiger partial charge on any atom is 0.293 e. The quantitative estimate of drug-likeness (QED) is 0.580. The average molecular weight is 274 g/mol. The Labute approximate surface area is 112 Å². The average Bonchev–Trinajstić information content (AvgIpc) is 2.35. The first-order valence-corrected chi connectivity index (χ1v) is 6.65. The highest BCUT2D eigenvalue weighted by molar-refractivity contribution is 6.17. The zero-order valence-electron chi connectivity index (χ0n) is 10.9. The Morgan fingerprint density at radius 1 is 1.50 bits per heavy atom. The van der Waals surface area contributed by atoms with Gasteiger partial charge in [-0.2, -0.15) is 0 Å². The molecular weight excluding hydrogens is 254 g/mol. The summed E-state index contributed by atoms with van der Waals surface area (Å²) in [6, 6.07) is 0.133. The lowest BCUT2D eigenvalue weighted by Gasteiger charge is -2.11. The lowest BCUT2D eigenvalue weighted by atomic mass is 10.4. The van der Waals surface area contributed by atoms with Gasteiger partial charge in [-0.1, -0.05) is 0 Å². The van der Waals surface area contributed by atoms with E-state index in [2.05, 4.69) is 10.3 Å². The van der Waals surface area contributed by atoms with Crippen molar-refractivity contribution in [2.24, 2.45) is 0 Å². The molecule has 1 N–H and O–H groups in total. The van der Waals surface area contributed by atoms with Crippen molar-refractivity contribution in [3.8, 4) is 0 Å². The summed E-state index contributed by atoms with van der Waals surface area (Å²) >= 11 is 5.48. The van der Waals surface area contributed by atoms with Crippen molar-refractivity contribution >= 4 is 17.4 Å². The molecule has 0 atom stereocenters. The summed E-state index contributed by atoms with van der Waals surface area (Å²) in [5, 5.41) is 3.03. The number of anilines is 1. The van der Waals surface area contributed by atoms with Crippen LogP contribution < -0.4 is 10.9 Å². The zero-order valence-corrected chi connectivity index (χ0v) is 11.6. The van der Waals surface area contributed by atoms with Crippen LogP contribution in [0.1, 0.15) is 26.3 Å². The van der Waals surface area contributed by atoms with Crippen molar-refractivity contribution in [2.45, 2.75) is 26.3 Å². The number of hydrogen-bond donors (Lipinski definition) is 1. The third kappa shape index (κ3) is 4.66. The SMILES string of the molecule is CC(C)n1ccnc(NCCCOCCCl)c1=O. The molecule has 0 bridgehead atoms. The molecule has 0 unspecified atom stereocenters. The second-order valence-corrected chi connectivity index (χ2v) is 4.54. The maximum absolute atomic E-state index is 12.0. The molecule has 18 heavy (non-hydrogen) atoms. The van der Waals surface area contributed by atoms with Crippen LogP contribution >= 0.6 is 11.6 Å². The standard InChI is InChI=1S/C12H20ClN3O2/c1-10(2)16-7-6-15-11(12(16)17)14-5-3-8-18-9-4-13/h6-7,10H,3-5,8-9H2,1-2H3,(H,14,15). The monoisotopic (exact) mass is 273 g/mol. The third-order valence-corrected chi connectivity index (χ3v) is 2.56. The summed E-state index contributed by atoms with van der Waals surface area (Å²) in [5.74, 6) is 0.899. The van der Waals surface area contributed by atoms with Crippen LogP contribution in [0.15, 0.2) is 17.2 Å². The minimum Gasteiger partial charge on any atom is -0.380 e. The van der Waals surface area contributed by atoms with Gasteiger partial charge in [-0.05, 0) is 20.3 Å². The zero-order chi connectivity index (χ0) is 13.4. The Kier molecular flexibility index (Phi) is 6.75. The van der Waals surface area contributed by atoms with Crippen LogP contribution in [0.25, 0.3) is 0 Å². The fourth-order valence-corrected chi connectivity index (χ4v) is 1.60. The molecule has 0 saturated carbocycles. The number of alkyl halides is 1. The molecule has 0 fully saturated rings. The topological polar surface area (TPSA) is 56.1 Å². The van der Waals surface area contributed by atoms with Crippen LogP contribution in [-0.2, 0) is 4.74 Å². The van der Waals surface area contributed by atoms with Crippen LogP contribution in [0, 0.1) is 0 Å². The van der Waals surface area contributed by atoms with Crippen molar-refractivity contribution in [1.82, 2.24) is 9.55 Å². The van der Waals surface area contributed by atoms with E-state index < -0.39 is 0 Å². The predicted molar refractivity (Wildman–Crippen MR) is 73.5 cm³/mol. The molecule has 6 heteroatoms. The molecule has 0 saturated heterocycles. The third-order valence-electron chi connectivity index (χ3n) is 2.40. The van der Waals surface area contributed by atoms with E-state index in [1.807, 2.05) is 13.8 Å². The Bertz CT molecular complexity index is 407. The lowest BCUT2D eigenvalue weighted by Crippen LogP contribution is -2.26. The number of hydrogen-bond acceptors (Lipinski definition) is 4. The van der Waals surface area contributed by atoms with Crippen molar-refractivity contribution in [3.63, 3.8) is 0 Å². The fraction of sp³-hybridized carbons (Fsp3) is 0.667. The number of ether oxygens (including phenoxy) is 1. The minimum atomic E-state index is -0.0887. The van der Waals surface area contributed by atoms with Crippen molar-refractivity contribution in [3.05, 3.63) is 22.7 Å². The van der Waals surface area contributed by atoms with Gasteiger partial charge in [0.2, 0.25) is 0 Å². The molecule has 5 nitrogen and oxygen atoms in total. The Morgan fingerprint density at radius 2 is 2.28 bits per heavy atom. The van der Waals surface area contributed by atoms with Gasteiger partial charge in [-0.15, -0.1) is 11.6 Å². The molecule has 102 valence electrons. The van der Waals surface area contributed by atoms with Crippen LogP contribution in [0.5, 0.6) is 0 Å². The molecular formula is C12H20ClN3O2. The Morgan fingerprint density at radius 3 is 2.94 bits per heavy atom. The van der Waals surface area contributed by atoms with Gasteiger partial charge < -0.3 is 14.6 Å². The van der Waals surface area contributed by atoms with E-state index in [1.54, 1.807) is 17.0 Å². The fourth-order valence-electron chi connectivity index (χ4n) is 1.49. The summed E-state index contributed by atoms with van der Waals surface area (Å²) in [7, 11) is 0. The number of nitrogens with zero attached hydrogens (tertiary/aromatic N) is 2. The maximum atomic E-state index is 12.0. The van der Waals surface area contributed by atoms with Gasteiger partial charge in [-0.3, -0.25) is 4.79 Å². The molecule has 1 aromatic heterocycles. The van der Waals surface area contributed by atoms with Gasteiger partial charge in [-0.25, -0.2) is 4.98 Å². The van der Waals surface area contributed by atoms with E-state index in [4.69, 9.17) is 16.3 Å². The first-order chi connectivity index (χ1) is 8.66. The molecule has 1 heterocycles. The number of halogens is 1. The molecule has 1 rings (SSSR count). The van der Waals surface area contributed by atoms with Crippen LogP contribution in [0.3, 0.4) is 0 Å². The Hall–Kier alpha value is -1.07. The van der Waals surface area contributed by atoms with E-state index >= 15 is 0 Å². The van der Waals surface area contributed by atoms with E-state index in [0.29, 0.717) is 31.5 Å². The van der Waals surface area contributed by atoms with E-state index in [0.717, 1.165) is 6.42 Å². The van der Waals surface area contributed by atoms with Gasteiger partial charge in [0, 0.05) is 37.5 Å². The normalized spacial score (nSPS) is 10.9. The van der Waals surface area contributed by atoms with Gasteiger partial charge in [0.15, 0.2) is 5.82 Å². The molecule has 1 aromatic rings. The molecule has 0 spiro atoms. The second-order valence-electron chi connectivity index (χ2n) is 4.16. The second kappa shape index (κ2) is 8.11. The molecule has 0 amide bonds. The first kappa shape index (κ1) is 15.0. The molecule has 0 aliphatic carbocycles. The lowest BCUT2D eigenvalue weighted by molar-refractivity contribution is 0.149. The summed E-state index contributed by atoms with van der Waals surface area (Å²) in [6.45, 7) is 5.78. The summed E-state index contributed by atoms with van der Waals surface area (Å²) in [4.78, 5) is 16.0. The van der Waals surface area contributed by atoms with Crippen LogP contribution in [-0.4, -0.2) is 35.2 Å². The molecule has 0 aliphatic rings. The van der Waals surface area contributed by atoms with E-state index in [-0.39, 0.29) is 11.6 Å². The smallest absolute Gasteiger partial charge is 0.293 e. The Balaban J connectivity index is 2.43. The van der Waals surface area contributed by atoms with E-state index in [1.165, 1.54) is 0 Å². The van der Waals surface area contributed by atoms with E-state index in [9.17, 15) is 4.79 Å². The first-order valence-electron chi connectivity index (χ1n) is 6.11. The highest BCUT2D eigenvalue weighted by Gasteiger charge is 2.05. The predicted octanol–water partition coefficient (Wildman–Crippen LogP) is 1.88. The number of nitrogens with one attached hydrogen (secondary N) is 1. The number of rotatable bonds is 8. The van der Waals surface area contributed by atoms with Gasteiger partial charge >= 0.3 is 0 Å². The summed E-state index contributed by atoms with van der Waals surface area (Å²) < 4.78 is 6.89. The number of aromatic nitrogens is 2. The molecule has 0 aromatic carbocycles. The van der Waals surface area contributed by atoms with Crippen LogP contribution in [0.2, 0.25) is 0 Å². The van der Waals surface area contributed by atoms with Crippen molar-refractivity contribution in [1.29, 1.82) is 0 Å². The summed E-state index contributed by atoms with van der Waals surface area (Å²) in [6.07, 6.45) is 4.14. The van der Waals surface area contributed by atoms with Gasteiger partial charge in [0.1, 0.15) is 0 Å². The highest BCUT2D eigenvalue weighted by atomic mass is 35.5. The molecule has 0 radical (unpaired) electrons. The highest BCUT2D eigenvalue weighted by Crippen LogP contribution is 2.01. The van der Waals surface area contributed by atoms with Gasteiger partial charge in [0.25, 0.3) is 5.56 Å². The largest absolute Gasteiger partial charge is 0.380 e.